The Kier molecular flexibility index (Phi) is 4.77. The summed E-state index contributed by atoms with van der Waals surface area (Å²) in [6, 6.07) is 5.05. The summed E-state index contributed by atoms with van der Waals surface area (Å²) in [5.41, 5.74) is 6.32. The first kappa shape index (κ1) is 14.3. The van der Waals surface area contributed by atoms with Crippen molar-refractivity contribution in [3.05, 3.63) is 29.6 Å². The number of aliphatic hydroxyl groups is 1. The van der Waals surface area contributed by atoms with Crippen molar-refractivity contribution in [2.24, 2.45) is 0 Å². The Morgan fingerprint density at radius 1 is 1.47 bits per heavy atom. The molecular weight excluding hydrogens is 243 g/mol. The van der Waals surface area contributed by atoms with Crippen molar-refractivity contribution < 1.29 is 9.50 Å². The van der Waals surface area contributed by atoms with Gasteiger partial charge in [-0.05, 0) is 50.4 Å². The van der Waals surface area contributed by atoms with Gasteiger partial charge in [-0.15, -0.1) is 0 Å². The van der Waals surface area contributed by atoms with Crippen LogP contribution in [0.15, 0.2) is 18.2 Å². The average Bonchev–Trinajstić information content (AvgIpc) is 2.40. The first-order valence-electron chi connectivity index (χ1n) is 7.05. The van der Waals surface area contributed by atoms with E-state index in [4.69, 9.17) is 5.73 Å². The third-order valence-corrected chi connectivity index (χ3v) is 4.04. The van der Waals surface area contributed by atoms with Gasteiger partial charge in [-0.1, -0.05) is 12.5 Å². The molecular formula is C15H23FN2O. The number of halogens is 1. The maximum absolute atomic E-state index is 13.1. The number of benzene rings is 1. The zero-order valence-corrected chi connectivity index (χ0v) is 11.5. The summed E-state index contributed by atoms with van der Waals surface area (Å²) in [5, 5.41) is 10.1. The Morgan fingerprint density at radius 2 is 2.26 bits per heavy atom. The van der Waals surface area contributed by atoms with Crippen molar-refractivity contribution in [2.75, 3.05) is 18.8 Å². The molecule has 3 N–H and O–H groups in total. The van der Waals surface area contributed by atoms with E-state index < -0.39 is 11.9 Å². The SMILES string of the molecule is CC1CCCCN1CCC(O)c1ccc(F)c(N)c1. The van der Waals surface area contributed by atoms with Gasteiger partial charge < -0.3 is 15.7 Å². The number of rotatable bonds is 4. The minimum atomic E-state index is -0.572. The second-order valence-corrected chi connectivity index (χ2v) is 5.47. The van der Waals surface area contributed by atoms with Crippen molar-refractivity contribution in [3.63, 3.8) is 0 Å². The quantitative estimate of drug-likeness (QED) is 0.824. The first-order valence-corrected chi connectivity index (χ1v) is 7.05. The average molecular weight is 266 g/mol. The van der Waals surface area contributed by atoms with Crippen LogP contribution in [0.3, 0.4) is 0 Å². The second-order valence-electron chi connectivity index (χ2n) is 5.47. The van der Waals surface area contributed by atoms with E-state index >= 15 is 0 Å². The van der Waals surface area contributed by atoms with Crippen molar-refractivity contribution in [2.45, 2.75) is 44.8 Å². The number of nitrogens with zero attached hydrogens (tertiary/aromatic N) is 1. The van der Waals surface area contributed by atoms with Crippen LogP contribution in [0.2, 0.25) is 0 Å². The fourth-order valence-corrected chi connectivity index (χ4v) is 2.71. The predicted molar refractivity (Wildman–Crippen MR) is 75.3 cm³/mol. The molecule has 0 saturated carbocycles. The Hall–Kier alpha value is -1.13. The molecule has 2 atom stereocenters. The standard InChI is InChI=1S/C15H23FN2O/c1-11-4-2-3-8-18(11)9-7-15(19)12-5-6-13(16)14(17)10-12/h5-6,10-11,15,19H,2-4,7-9,17H2,1H3. The van der Waals surface area contributed by atoms with E-state index in [2.05, 4.69) is 11.8 Å². The smallest absolute Gasteiger partial charge is 0.146 e. The van der Waals surface area contributed by atoms with Crippen LogP contribution in [0.5, 0.6) is 0 Å². The zero-order chi connectivity index (χ0) is 13.8. The van der Waals surface area contributed by atoms with E-state index in [9.17, 15) is 9.50 Å². The highest BCUT2D eigenvalue weighted by molar-refractivity contribution is 5.43. The fourth-order valence-electron chi connectivity index (χ4n) is 2.71. The normalized spacial score (nSPS) is 22.4. The van der Waals surface area contributed by atoms with Gasteiger partial charge in [0.25, 0.3) is 0 Å². The molecule has 1 aliphatic heterocycles. The molecule has 1 saturated heterocycles. The van der Waals surface area contributed by atoms with Gasteiger partial charge in [0, 0.05) is 12.6 Å². The Balaban J connectivity index is 1.89. The molecule has 1 fully saturated rings. The van der Waals surface area contributed by atoms with Crippen LogP contribution in [0, 0.1) is 5.82 Å². The third-order valence-electron chi connectivity index (χ3n) is 4.04. The van der Waals surface area contributed by atoms with Crippen molar-refractivity contribution in [1.82, 2.24) is 4.90 Å². The van der Waals surface area contributed by atoms with Crippen LogP contribution in [-0.4, -0.2) is 29.1 Å². The number of nitrogens with two attached hydrogens (primary N) is 1. The molecule has 0 bridgehead atoms. The van der Waals surface area contributed by atoms with E-state index in [1.807, 2.05) is 0 Å². The highest BCUT2D eigenvalue weighted by Crippen LogP contribution is 2.23. The first-order chi connectivity index (χ1) is 9.08. The largest absolute Gasteiger partial charge is 0.396 e. The van der Waals surface area contributed by atoms with Crippen LogP contribution < -0.4 is 5.73 Å². The molecule has 1 heterocycles. The van der Waals surface area contributed by atoms with Gasteiger partial charge in [-0.2, -0.15) is 0 Å². The predicted octanol–water partition coefficient (Wildman–Crippen LogP) is 2.71. The van der Waals surface area contributed by atoms with E-state index in [0.29, 0.717) is 18.0 Å². The van der Waals surface area contributed by atoms with Crippen LogP contribution in [0.1, 0.15) is 44.3 Å². The van der Waals surface area contributed by atoms with Gasteiger partial charge in [-0.3, -0.25) is 0 Å². The Bertz CT molecular complexity index is 425. The molecule has 1 aromatic rings. The number of nitrogen functional groups attached to an aromatic ring is 1. The highest BCUT2D eigenvalue weighted by atomic mass is 19.1. The molecule has 0 radical (unpaired) electrons. The summed E-state index contributed by atoms with van der Waals surface area (Å²) < 4.78 is 13.1. The molecule has 3 nitrogen and oxygen atoms in total. The Morgan fingerprint density at radius 3 is 2.95 bits per heavy atom. The molecule has 4 heteroatoms. The van der Waals surface area contributed by atoms with Gasteiger partial charge >= 0.3 is 0 Å². The number of hydrogen-bond donors (Lipinski definition) is 2. The number of likely N-dealkylation sites (tertiary alicyclic amines) is 1. The molecule has 19 heavy (non-hydrogen) atoms. The maximum Gasteiger partial charge on any atom is 0.146 e. The van der Waals surface area contributed by atoms with Gasteiger partial charge in [0.2, 0.25) is 0 Å². The molecule has 0 spiro atoms. The van der Waals surface area contributed by atoms with Gasteiger partial charge in [-0.25, -0.2) is 4.39 Å². The Labute approximate surface area is 114 Å². The molecule has 0 amide bonds. The lowest BCUT2D eigenvalue weighted by atomic mass is 10.0. The molecule has 0 aliphatic carbocycles. The van der Waals surface area contributed by atoms with E-state index in [-0.39, 0.29) is 5.69 Å². The number of hydrogen-bond acceptors (Lipinski definition) is 3. The molecule has 106 valence electrons. The summed E-state index contributed by atoms with van der Waals surface area (Å²) >= 11 is 0. The summed E-state index contributed by atoms with van der Waals surface area (Å²) in [4.78, 5) is 2.42. The molecule has 1 aliphatic rings. The minimum absolute atomic E-state index is 0.0999. The topological polar surface area (TPSA) is 49.5 Å². The molecule has 2 rings (SSSR count). The lowest BCUT2D eigenvalue weighted by molar-refractivity contribution is 0.109. The number of piperidine rings is 1. The van der Waals surface area contributed by atoms with Crippen LogP contribution >= 0.6 is 0 Å². The fraction of sp³-hybridized carbons (Fsp3) is 0.600. The third kappa shape index (κ3) is 3.67. The maximum atomic E-state index is 13.1. The van der Waals surface area contributed by atoms with E-state index in [1.165, 1.54) is 31.4 Å². The zero-order valence-electron chi connectivity index (χ0n) is 11.5. The summed E-state index contributed by atoms with van der Waals surface area (Å²) in [7, 11) is 0. The van der Waals surface area contributed by atoms with Crippen molar-refractivity contribution >= 4 is 5.69 Å². The van der Waals surface area contributed by atoms with Crippen LogP contribution in [0.4, 0.5) is 10.1 Å². The van der Waals surface area contributed by atoms with E-state index in [1.54, 1.807) is 6.07 Å². The van der Waals surface area contributed by atoms with Crippen LogP contribution in [0.25, 0.3) is 0 Å². The molecule has 0 aromatic heterocycles. The van der Waals surface area contributed by atoms with Gasteiger partial charge in [0.15, 0.2) is 0 Å². The molecule has 2 unspecified atom stereocenters. The monoisotopic (exact) mass is 266 g/mol. The minimum Gasteiger partial charge on any atom is -0.396 e. The van der Waals surface area contributed by atoms with Crippen molar-refractivity contribution in [1.29, 1.82) is 0 Å². The van der Waals surface area contributed by atoms with Crippen LogP contribution in [-0.2, 0) is 0 Å². The van der Waals surface area contributed by atoms with Gasteiger partial charge in [0.05, 0.1) is 11.8 Å². The second kappa shape index (κ2) is 6.35. The summed E-state index contributed by atoms with van der Waals surface area (Å²) in [5.74, 6) is -0.430. The molecule has 1 aromatic carbocycles. The van der Waals surface area contributed by atoms with Crippen molar-refractivity contribution in [3.8, 4) is 0 Å². The summed E-state index contributed by atoms with van der Waals surface area (Å²) in [6.45, 7) is 4.22. The lowest BCUT2D eigenvalue weighted by Crippen LogP contribution is -2.38. The number of aliphatic hydroxyl groups excluding tert-OH is 1. The summed E-state index contributed by atoms with van der Waals surface area (Å²) in [6.07, 6.45) is 3.87. The van der Waals surface area contributed by atoms with E-state index in [0.717, 1.165) is 13.1 Å². The number of anilines is 1. The lowest BCUT2D eigenvalue weighted by Gasteiger charge is -2.33. The van der Waals surface area contributed by atoms with Gasteiger partial charge in [0.1, 0.15) is 5.82 Å². The highest BCUT2D eigenvalue weighted by Gasteiger charge is 2.19.